The van der Waals surface area contributed by atoms with Crippen molar-refractivity contribution in [3.05, 3.63) is 72.3 Å². The lowest BCUT2D eigenvalue weighted by Gasteiger charge is -2.26. The Morgan fingerprint density at radius 3 is 2.17 bits per heavy atom. The van der Waals surface area contributed by atoms with Crippen molar-refractivity contribution in [2.45, 2.75) is 77.0 Å². The molecule has 5 heteroatoms. The Balaban J connectivity index is 1.28. The number of hydrogen-bond acceptors (Lipinski definition) is 5. The van der Waals surface area contributed by atoms with E-state index in [1.165, 1.54) is 37.3 Å². The van der Waals surface area contributed by atoms with Crippen molar-refractivity contribution in [1.29, 1.82) is 0 Å². The third kappa shape index (κ3) is 9.88. The first kappa shape index (κ1) is 27.5. The maximum absolute atomic E-state index is 12.3. The molecule has 0 unspecified atom stereocenters. The van der Waals surface area contributed by atoms with Crippen LogP contribution in [0.1, 0.15) is 81.8 Å². The molecule has 1 aliphatic rings. The number of rotatable bonds is 14. The van der Waals surface area contributed by atoms with E-state index in [9.17, 15) is 9.59 Å². The van der Waals surface area contributed by atoms with E-state index >= 15 is 0 Å². The molecule has 0 aromatic heterocycles. The predicted molar refractivity (Wildman–Crippen MR) is 142 cm³/mol. The molecule has 0 amide bonds. The smallest absolute Gasteiger partial charge is 0.330 e. The molecule has 1 saturated carbocycles. The van der Waals surface area contributed by atoms with Crippen LogP contribution < -0.4 is 9.47 Å². The average molecular weight is 493 g/mol. The van der Waals surface area contributed by atoms with Gasteiger partial charge in [-0.1, -0.05) is 50.6 Å². The molecule has 1 fully saturated rings. The molecule has 0 spiro atoms. The second-order valence-electron chi connectivity index (χ2n) is 9.78. The highest BCUT2D eigenvalue weighted by molar-refractivity contribution is 5.81. The van der Waals surface area contributed by atoms with Gasteiger partial charge >= 0.3 is 11.9 Å². The van der Waals surface area contributed by atoms with Crippen LogP contribution in [0.25, 0.3) is 0 Å². The highest BCUT2D eigenvalue weighted by atomic mass is 16.5. The predicted octanol–water partition coefficient (Wildman–Crippen LogP) is 7.19. The fourth-order valence-corrected chi connectivity index (χ4v) is 4.56. The maximum atomic E-state index is 12.3. The van der Waals surface area contributed by atoms with Crippen LogP contribution in [0.5, 0.6) is 11.5 Å². The fourth-order valence-electron chi connectivity index (χ4n) is 4.56. The second kappa shape index (κ2) is 15.1. The average Bonchev–Trinajstić information content (AvgIpc) is 2.90. The highest BCUT2D eigenvalue weighted by Crippen LogP contribution is 2.36. The third-order valence-electron chi connectivity index (χ3n) is 6.86. The number of aryl methyl sites for hydroxylation is 1. The monoisotopic (exact) mass is 492 g/mol. The van der Waals surface area contributed by atoms with Crippen LogP contribution in [0.2, 0.25) is 0 Å². The molecular formula is C31H40O5. The van der Waals surface area contributed by atoms with Crippen LogP contribution >= 0.6 is 0 Å². The molecule has 3 rings (SSSR count). The first-order valence-corrected chi connectivity index (χ1v) is 13.3. The molecule has 0 aliphatic heterocycles. The minimum atomic E-state index is -0.368. The SMILES string of the molecule is C=CC(=O)OCCCCCCOc1ccc(CCC(=O)Oc2ccc(C3CCC(C)CC3)cc2)cc1. The van der Waals surface area contributed by atoms with Gasteiger partial charge in [-0.25, -0.2) is 4.79 Å². The van der Waals surface area contributed by atoms with Crippen molar-refractivity contribution >= 4 is 11.9 Å². The standard InChI is InChI=1S/C31H40O5/c1-3-30(32)35-23-7-5-4-6-22-34-28-17-10-25(11-18-28)12-21-31(33)36-29-19-15-27(16-20-29)26-13-8-24(2)9-14-26/h3,10-11,15-20,24,26H,1,4-9,12-14,21-23H2,2H3. The first-order valence-electron chi connectivity index (χ1n) is 13.3. The topological polar surface area (TPSA) is 61.8 Å². The minimum Gasteiger partial charge on any atom is -0.494 e. The van der Waals surface area contributed by atoms with Gasteiger partial charge in [0.2, 0.25) is 0 Å². The van der Waals surface area contributed by atoms with Crippen LogP contribution in [0.15, 0.2) is 61.2 Å². The third-order valence-corrected chi connectivity index (χ3v) is 6.86. The summed E-state index contributed by atoms with van der Waals surface area (Å²) < 4.78 is 16.3. The number of carbonyl (C=O) groups excluding carboxylic acids is 2. The largest absolute Gasteiger partial charge is 0.494 e. The summed E-state index contributed by atoms with van der Waals surface area (Å²) in [7, 11) is 0. The Kier molecular flexibility index (Phi) is 11.6. The highest BCUT2D eigenvalue weighted by Gasteiger charge is 2.19. The lowest BCUT2D eigenvalue weighted by atomic mass is 9.79. The number of esters is 2. The summed E-state index contributed by atoms with van der Waals surface area (Å²) in [6.45, 7) is 6.79. The van der Waals surface area contributed by atoms with Gasteiger partial charge < -0.3 is 14.2 Å². The zero-order chi connectivity index (χ0) is 25.6. The Morgan fingerprint density at radius 1 is 0.861 bits per heavy atom. The number of benzene rings is 2. The van der Waals surface area contributed by atoms with Crippen LogP contribution in [0.4, 0.5) is 0 Å². The van der Waals surface area contributed by atoms with Crippen molar-refractivity contribution in [2.24, 2.45) is 5.92 Å². The van der Waals surface area contributed by atoms with Gasteiger partial charge in [0, 0.05) is 12.5 Å². The number of carbonyl (C=O) groups is 2. The zero-order valence-corrected chi connectivity index (χ0v) is 21.6. The van der Waals surface area contributed by atoms with E-state index in [2.05, 4.69) is 25.6 Å². The second-order valence-corrected chi connectivity index (χ2v) is 9.78. The van der Waals surface area contributed by atoms with Crippen molar-refractivity contribution in [3.63, 3.8) is 0 Å². The van der Waals surface area contributed by atoms with E-state index in [-0.39, 0.29) is 11.9 Å². The zero-order valence-electron chi connectivity index (χ0n) is 21.6. The summed E-state index contributed by atoms with van der Waals surface area (Å²) >= 11 is 0. The molecule has 1 aliphatic carbocycles. The summed E-state index contributed by atoms with van der Waals surface area (Å²) in [5.74, 6) is 2.35. The summed E-state index contributed by atoms with van der Waals surface area (Å²) in [4.78, 5) is 23.3. The summed E-state index contributed by atoms with van der Waals surface area (Å²) in [6, 6.07) is 16.0. The first-order chi connectivity index (χ1) is 17.5. The lowest BCUT2D eigenvalue weighted by molar-refractivity contribution is -0.138. The Morgan fingerprint density at radius 2 is 1.50 bits per heavy atom. The summed E-state index contributed by atoms with van der Waals surface area (Å²) in [5.41, 5.74) is 2.44. The number of ether oxygens (including phenoxy) is 3. The molecule has 2 aromatic rings. The summed E-state index contributed by atoms with van der Waals surface area (Å²) in [6.07, 6.45) is 11.1. The van der Waals surface area contributed by atoms with Gasteiger partial charge in [0.15, 0.2) is 0 Å². The van der Waals surface area contributed by atoms with Crippen molar-refractivity contribution in [3.8, 4) is 11.5 Å². The minimum absolute atomic E-state index is 0.214. The van der Waals surface area contributed by atoms with Gasteiger partial charge in [-0.05, 0) is 92.2 Å². The molecular weight excluding hydrogens is 452 g/mol. The quantitative estimate of drug-likeness (QED) is 0.121. The van der Waals surface area contributed by atoms with Crippen LogP contribution in [-0.2, 0) is 20.7 Å². The molecule has 36 heavy (non-hydrogen) atoms. The molecule has 0 saturated heterocycles. The number of hydrogen-bond donors (Lipinski definition) is 0. The van der Waals surface area contributed by atoms with Crippen molar-refractivity contribution < 1.29 is 23.8 Å². The van der Waals surface area contributed by atoms with Crippen LogP contribution in [-0.4, -0.2) is 25.2 Å². The van der Waals surface area contributed by atoms with Crippen LogP contribution in [0.3, 0.4) is 0 Å². The molecule has 0 N–H and O–H groups in total. The van der Waals surface area contributed by atoms with Crippen molar-refractivity contribution in [1.82, 2.24) is 0 Å². The Bertz CT molecular complexity index is 940. The van der Waals surface area contributed by atoms with Gasteiger partial charge in [0.05, 0.1) is 13.2 Å². The van der Waals surface area contributed by atoms with Crippen molar-refractivity contribution in [2.75, 3.05) is 13.2 Å². The van der Waals surface area contributed by atoms with E-state index in [1.54, 1.807) is 0 Å². The van der Waals surface area contributed by atoms with Gasteiger partial charge in [0.1, 0.15) is 11.5 Å². The summed E-state index contributed by atoms with van der Waals surface area (Å²) in [5, 5.41) is 0. The molecule has 0 bridgehead atoms. The van der Waals surface area contributed by atoms with E-state index in [0.717, 1.165) is 42.9 Å². The maximum Gasteiger partial charge on any atom is 0.330 e. The Labute approximate surface area is 215 Å². The van der Waals surface area contributed by atoms with Gasteiger partial charge in [-0.15, -0.1) is 0 Å². The van der Waals surface area contributed by atoms with E-state index < -0.39 is 0 Å². The van der Waals surface area contributed by atoms with Crippen LogP contribution in [0, 0.1) is 5.92 Å². The van der Waals surface area contributed by atoms with E-state index in [1.807, 2.05) is 36.4 Å². The van der Waals surface area contributed by atoms with Gasteiger partial charge in [-0.2, -0.15) is 0 Å². The Hall–Kier alpha value is -3.08. The molecule has 0 radical (unpaired) electrons. The molecule has 0 heterocycles. The van der Waals surface area contributed by atoms with E-state index in [0.29, 0.717) is 37.7 Å². The van der Waals surface area contributed by atoms with Gasteiger partial charge in [-0.3, -0.25) is 4.79 Å². The molecule has 0 atom stereocenters. The fraction of sp³-hybridized carbons (Fsp3) is 0.484. The molecule has 2 aromatic carbocycles. The lowest BCUT2D eigenvalue weighted by Crippen LogP contribution is -2.11. The normalized spacial score (nSPS) is 17.2. The molecule has 194 valence electrons. The van der Waals surface area contributed by atoms with Gasteiger partial charge in [0.25, 0.3) is 0 Å². The van der Waals surface area contributed by atoms with E-state index in [4.69, 9.17) is 14.2 Å². The number of unbranched alkanes of at least 4 members (excludes halogenated alkanes) is 3. The molecule has 5 nitrogen and oxygen atoms in total.